The lowest BCUT2D eigenvalue weighted by molar-refractivity contribution is -0.385. The molecule has 1 aliphatic heterocycles. The number of amides is 1. The quantitative estimate of drug-likeness (QED) is 0.658. The normalized spacial score (nSPS) is 15.7. The largest absolute Gasteiger partial charge is 0.379 e. The Hall–Kier alpha value is -1.99. The number of carbonyl (C=O) groups is 1. The van der Waals surface area contributed by atoms with Gasteiger partial charge < -0.3 is 10.1 Å². The van der Waals surface area contributed by atoms with Crippen molar-refractivity contribution in [1.82, 2.24) is 4.90 Å². The number of nitrogens with one attached hydrogen (secondary N) is 1. The van der Waals surface area contributed by atoms with Gasteiger partial charge in [-0.25, -0.2) is 0 Å². The number of morpholine rings is 1. The molecule has 0 saturated carbocycles. The van der Waals surface area contributed by atoms with Crippen LogP contribution in [-0.4, -0.2) is 48.6 Å². The van der Waals surface area contributed by atoms with Gasteiger partial charge in [0.2, 0.25) is 5.91 Å². The summed E-state index contributed by atoms with van der Waals surface area (Å²) in [5, 5.41) is 13.6. The second-order valence-corrected chi connectivity index (χ2v) is 4.96. The topological polar surface area (TPSA) is 84.7 Å². The van der Waals surface area contributed by atoms with E-state index in [1.165, 1.54) is 6.07 Å². The molecule has 1 saturated heterocycles. The number of nitro benzene ring substituents is 1. The summed E-state index contributed by atoms with van der Waals surface area (Å²) >= 11 is 0. The van der Waals surface area contributed by atoms with Crippen LogP contribution in [-0.2, 0) is 9.53 Å². The number of nitro groups is 1. The number of ether oxygens (including phenoxy) is 1. The van der Waals surface area contributed by atoms with Gasteiger partial charge in [0, 0.05) is 32.1 Å². The van der Waals surface area contributed by atoms with Crippen LogP contribution in [0.5, 0.6) is 0 Å². The van der Waals surface area contributed by atoms with Crippen LogP contribution in [0, 0.1) is 17.0 Å². The Morgan fingerprint density at radius 1 is 1.43 bits per heavy atom. The fourth-order valence-electron chi connectivity index (χ4n) is 2.25. The molecule has 1 N–H and O–H groups in total. The molecule has 1 aliphatic rings. The van der Waals surface area contributed by atoms with Crippen molar-refractivity contribution < 1.29 is 14.5 Å². The van der Waals surface area contributed by atoms with Gasteiger partial charge in [-0.05, 0) is 13.0 Å². The Labute approximate surface area is 123 Å². The predicted molar refractivity (Wildman–Crippen MR) is 78.3 cm³/mol. The standard InChI is InChI=1S/C14H19N3O4/c1-11-12(3-2-4-13(11)17(19)20)15-14(18)5-6-16-7-9-21-10-8-16/h2-4H,5-10H2,1H3,(H,15,18). The minimum atomic E-state index is -0.446. The fourth-order valence-corrected chi connectivity index (χ4v) is 2.25. The SMILES string of the molecule is Cc1c(NC(=O)CCN2CCOCC2)cccc1[N+](=O)[O-]. The molecule has 0 bridgehead atoms. The second-order valence-electron chi connectivity index (χ2n) is 4.96. The molecular formula is C14H19N3O4. The van der Waals surface area contributed by atoms with Gasteiger partial charge >= 0.3 is 0 Å². The third kappa shape index (κ3) is 4.24. The zero-order valence-corrected chi connectivity index (χ0v) is 12.0. The smallest absolute Gasteiger partial charge is 0.274 e. The Morgan fingerprint density at radius 3 is 2.81 bits per heavy atom. The Kier molecular flexibility index (Phi) is 5.24. The van der Waals surface area contributed by atoms with Gasteiger partial charge in [-0.1, -0.05) is 6.07 Å². The van der Waals surface area contributed by atoms with Crippen LogP contribution in [0.15, 0.2) is 18.2 Å². The van der Waals surface area contributed by atoms with Crippen molar-refractivity contribution >= 4 is 17.3 Å². The highest BCUT2D eigenvalue weighted by Crippen LogP contribution is 2.25. The van der Waals surface area contributed by atoms with E-state index in [1.807, 2.05) is 0 Å². The van der Waals surface area contributed by atoms with Crippen molar-refractivity contribution in [3.05, 3.63) is 33.9 Å². The minimum Gasteiger partial charge on any atom is -0.379 e. The zero-order chi connectivity index (χ0) is 15.2. The summed E-state index contributed by atoms with van der Waals surface area (Å²) in [5.74, 6) is -0.134. The lowest BCUT2D eigenvalue weighted by Gasteiger charge is -2.26. The molecule has 1 amide bonds. The number of hydrogen-bond acceptors (Lipinski definition) is 5. The van der Waals surface area contributed by atoms with Crippen molar-refractivity contribution in [1.29, 1.82) is 0 Å². The third-order valence-corrected chi connectivity index (χ3v) is 3.53. The van der Waals surface area contributed by atoms with Crippen molar-refractivity contribution in [2.24, 2.45) is 0 Å². The highest BCUT2D eigenvalue weighted by atomic mass is 16.6. The van der Waals surface area contributed by atoms with Gasteiger partial charge in [-0.15, -0.1) is 0 Å². The molecule has 0 unspecified atom stereocenters. The van der Waals surface area contributed by atoms with E-state index in [0.717, 1.165) is 13.1 Å². The minimum absolute atomic E-state index is 0.0148. The number of rotatable bonds is 5. The summed E-state index contributed by atoms with van der Waals surface area (Å²) in [6.07, 6.45) is 0.363. The second kappa shape index (κ2) is 7.14. The molecule has 21 heavy (non-hydrogen) atoms. The summed E-state index contributed by atoms with van der Waals surface area (Å²) < 4.78 is 5.25. The van der Waals surface area contributed by atoms with E-state index in [1.54, 1.807) is 19.1 Å². The van der Waals surface area contributed by atoms with E-state index in [4.69, 9.17) is 4.74 Å². The van der Waals surface area contributed by atoms with Crippen molar-refractivity contribution in [2.75, 3.05) is 38.2 Å². The van der Waals surface area contributed by atoms with Crippen LogP contribution in [0.3, 0.4) is 0 Å². The Bertz CT molecular complexity index is 527. The average Bonchev–Trinajstić information content (AvgIpc) is 2.48. The van der Waals surface area contributed by atoms with Crippen LogP contribution in [0.25, 0.3) is 0 Å². The summed E-state index contributed by atoms with van der Waals surface area (Å²) in [5.41, 5.74) is 0.986. The van der Waals surface area contributed by atoms with E-state index in [9.17, 15) is 14.9 Å². The molecule has 2 rings (SSSR count). The maximum Gasteiger partial charge on any atom is 0.274 e. The maximum atomic E-state index is 11.9. The predicted octanol–water partition coefficient (Wildman–Crippen LogP) is 1.56. The first-order chi connectivity index (χ1) is 10.1. The van der Waals surface area contributed by atoms with Crippen molar-refractivity contribution in [3.8, 4) is 0 Å². The Morgan fingerprint density at radius 2 is 2.14 bits per heavy atom. The van der Waals surface area contributed by atoms with Gasteiger partial charge in [0.15, 0.2) is 0 Å². The molecule has 7 nitrogen and oxygen atoms in total. The summed E-state index contributed by atoms with van der Waals surface area (Å²) in [6.45, 7) is 5.38. The highest BCUT2D eigenvalue weighted by Gasteiger charge is 2.16. The van der Waals surface area contributed by atoms with Gasteiger partial charge in [-0.3, -0.25) is 19.8 Å². The van der Waals surface area contributed by atoms with Crippen LogP contribution >= 0.6 is 0 Å². The first-order valence-electron chi connectivity index (χ1n) is 6.92. The summed E-state index contributed by atoms with van der Waals surface area (Å²) in [7, 11) is 0. The Balaban J connectivity index is 1.90. The highest BCUT2D eigenvalue weighted by molar-refractivity contribution is 5.92. The van der Waals surface area contributed by atoms with E-state index < -0.39 is 4.92 Å². The molecule has 1 aromatic carbocycles. The van der Waals surface area contributed by atoms with Gasteiger partial charge in [0.05, 0.1) is 29.4 Å². The van der Waals surface area contributed by atoms with E-state index in [2.05, 4.69) is 10.2 Å². The van der Waals surface area contributed by atoms with Crippen LogP contribution in [0.2, 0.25) is 0 Å². The van der Waals surface area contributed by atoms with Gasteiger partial charge in [0.25, 0.3) is 5.69 Å². The van der Waals surface area contributed by atoms with Crippen molar-refractivity contribution in [3.63, 3.8) is 0 Å². The molecule has 0 radical (unpaired) electrons. The fraction of sp³-hybridized carbons (Fsp3) is 0.500. The van der Waals surface area contributed by atoms with Crippen LogP contribution < -0.4 is 5.32 Å². The van der Waals surface area contributed by atoms with Gasteiger partial charge in [0.1, 0.15) is 0 Å². The number of hydrogen-bond donors (Lipinski definition) is 1. The molecule has 0 atom stereocenters. The maximum absolute atomic E-state index is 11.9. The molecule has 1 aromatic rings. The van der Waals surface area contributed by atoms with E-state index in [-0.39, 0.29) is 11.6 Å². The monoisotopic (exact) mass is 293 g/mol. The molecule has 7 heteroatoms. The number of nitrogens with zero attached hydrogens (tertiary/aromatic N) is 2. The molecule has 0 spiro atoms. The number of carbonyl (C=O) groups excluding carboxylic acids is 1. The average molecular weight is 293 g/mol. The molecule has 0 aliphatic carbocycles. The zero-order valence-electron chi connectivity index (χ0n) is 12.0. The first-order valence-corrected chi connectivity index (χ1v) is 6.92. The van der Waals surface area contributed by atoms with Crippen molar-refractivity contribution in [2.45, 2.75) is 13.3 Å². The molecular weight excluding hydrogens is 274 g/mol. The van der Waals surface area contributed by atoms with E-state index >= 15 is 0 Å². The molecule has 114 valence electrons. The first kappa shape index (κ1) is 15.4. The number of benzene rings is 1. The molecule has 1 heterocycles. The summed E-state index contributed by atoms with van der Waals surface area (Å²) in [6, 6.07) is 4.68. The number of anilines is 1. The summed E-state index contributed by atoms with van der Waals surface area (Å²) in [4.78, 5) is 24.5. The van der Waals surface area contributed by atoms with Crippen LogP contribution in [0.4, 0.5) is 11.4 Å². The van der Waals surface area contributed by atoms with Crippen LogP contribution in [0.1, 0.15) is 12.0 Å². The van der Waals surface area contributed by atoms with E-state index in [0.29, 0.717) is 37.4 Å². The lowest BCUT2D eigenvalue weighted by Crippen LogP contribution is -2.38. The third-order valence-electron chi connectivity index (χ3n) is 3.53. The van der Waals surface area contributed by atoms with Gasteiger partial charge in [-0.2, -0.15) is 0 Å². The molecule has 0 aromatic heterocycles. The molecule has 1 fully saturated rings. The lowest BCUT2D eigenvalue weighted by atomic mass is 10.1.